The summed E-state index contributed by atoms with van der Waals surface area (Å²) in [5.41, 5.74) is 0.765. The Hall–Kier alpha value is 0.310. The molecule has 0 saturated carbocycles. The molecule has 0 aromatic heterocycles. The van der Waals surface area contributed by atoms with Gasteiger partial charge in [0.15, 0.2) is 0 Å². The molecule has 0 radical (unpaired) electrons. The normalized spacial score (nSPS) is 20.4. The maximum Gasteiger partial charge on any atom is 0.240 e. The number of hydrogen-bond acceptors (Lipinski definition) is 4. The Morgan fingerprint density at radius 3 is 2.89 bits per heavy atom. The fraction of sp³-hybridized carbons (Fsp3) is 0.500. The van der Waals surface area contributed by atoms with Gasteiger partial charge in [0, 0.05) is 33.5 Å². The number of sulfonamides is 1. The van der Waals surface area contributed by atoms with Crippen LogP contribution in [0.2, 0.25) is 0 Å². The van der Waals surface area contributed by atoms with Crippen LogP contribution in [0.4, 0.5) is 0 Å². The first kappa shape index (κ1) is 15.7. The van der Waals surface area contributed by atoms with Crippen molar-refractivity contribution in [2.24, 2.45) is 0 Å². The average molecular weight is 382 g/mol. The molecular formula is C12H16BrNO2S3. The van der Waals surface area contributed by atoms with Crippen molar-refractivity contribution in [1.82, 2.24) is 4.72 Å². The smallest absolute Gasteiger partial charge is 0.210 e. The van der Waals surface area contributed by atoms with Crippen LogP contribution in [0.15, 0.2) is 27.6 Å². The van der Waals surface area contributed by atoms with Gasteiger partial charge in [-0.2, -0.15) is 23.5 Å². The predicted octanol–water partition coefficient (Wildman–Crippen LogP) is 2.88. The minimum Gasteiger partial charge on any atom is -0.210 e. The highest BCUT2D eigenvalue weighted by molar-refractivity contribution is 9.10. The molecule has 1 aromatic rings. The zero-order valence-corrected chi connectivity index (χ0v) is 14.6. The van der Waals surface area contributed by atoms with Gasteiger partial charge in [-0.1, -0.05) is 22.0 Å². The molecule has 1 unspecified atom stereocenters. The van der Waals surface area contributed by atoms with Crippen molar-refractivity contribution in [2.75, 3.05) is 23.8 Å². The van der Waals surface area contributed by atoms with Crippen molar-refractivity contribution in [1.29, 1.82) is 0 Å². The second-order valence-electron chi connectivity index (χ2n) is 4.33. The van der Waals surface area contributed by atoms with Gasteiger partial charge in [-0.15, -0.1) is 0 Å². The lowest BCUT2D eigenvalue weighted by atomic mass is 10.2. The summed E-state index contributed by atoms with van der Waals surface area (Å²) in [5, 5.41) is 0.376. The molecule has 2 rings (SSSR count). The number of aryl methyl sites for hydroxylation is 1. The number of rotatable bonds is 4. The van der Waals surface area contributed by atoms with E-state index in [0.29, 0.717) is 16.7 Å². The maximum atomic E-state index is 12.3. The fourth-order valence-electron chi connectivity index (χ4n) is 1.80. The number of benzene rings is 1. The molecule has 0 spiro atoms. The molecule has 1 heterocycles. The SMILES string of the molecule is Cc1ccc(Br)cc1S(=O)(=O)NCC1CSCCS1. The van der Waals surface area contributed by atoms with E-state index < -0.39 is 10.0 Å². The molecule has 1 aromatic carbocycles. The number of hydrogen-bond donors (Lipinski definition) is 1. The van der Waals surface area contributed by atoms with E-state index in [0.717, 1.165) is 21.5 Å². The van der Waals surface area contributed by atoms with Crippen molar-refractivity contribution in [3.8, 4) is 0 Å². The van der Waals surface area contributed by atoms with E-state index >= 15 is 0 Å². The summed E-state index contributed by atoms with van der Waals surface area (Å²) in [4.78, 5) is 0.357. The molecule has 1 aliphatic rings. The number of halogens is 1. The Balaban J connectivity index is 2.07. The number of thioether (sulfide) groups is 2. The lowest BCUT2D eigenvalue weighted by molar-refractivity contribution is 0.581. The summed E-state index contributed by atoms with van der Waals surface area (Å²) < 4.78 is 28.1. The average Bonchev–Trinajstić information content (AvgIpc) is 2.40. The Kier molecular flexibility index (Phi) is 5.65. The summed E-state index contributed by atoms with van der Waals surface area (Å²) in [5.74, 6) is 3.29. The quantitative estimate of drug-likeness (QED) is 0.870. The molecule has 0 bridgehead atoms. The predicted molar refractivity (Wildman–Crippen MR) is 87.6 cm³/mol. The van der Waals surface area contributed by atoms with Gasteiger partial charge in [-0.05, 0) is 24.6 Å². The van der Waals surface area contributed by atoms with E-state index in [9.17, 15) is 8.42 Å². The Bertz CT molecular complexity index is 542. The van der Waals surface area contributed by atoms with E-state index in [1.54, 1.807) is 6.07 Å². The molecule has 1 N–H and O–H groups in total. The molecule has 1 saturated heterocycles. The maximum absolute atomic E-state index is 12.3. The largest absolute Gasteiger partial charge is 0.240 e. The molecule has 19 heavy (non-hydrogen) atoms. The molecule has 3 nitrogen and oxygen atoms in total. The van der Waals surface area contributed by atoms with Gasteiger partial charge in [0.2, 0.25) is 10.0 Å². The molecule has 0 aliphatic carbocycles. The Morgan fingerprint density at radius 1 is 1.42 bits per heavy atom. The highest BCUT2D eigenvalue weighted by atomic mass is 79.9. The zero-order valence-electron chi connectivity index (χ0n) is 10.6. The summed E-state index contributed by atoms with van der Waals surface area (Å²) in [6.45, 7) is 2.32. The van der Waals surface area contributed by atoms with Crippen molar-refractivity contribution < 1.29 is 8.42 Å². The molecule has 1 atom stereocenters. The summed E-state index contributed by atoms with van der Waals surface area (Å²) in [7, 11) is -3.42. The summed E-state index contributed by atoms with van der Waals surface area (Å²) in [6, 6.07) is 5.31. The molecule has 1 aliphatic heterocycles. The van der Waals surface area contributed by atoms with Crippen LogP contribution < -0.4 is 4.72 Å². The van der Waals surface area contributed by atoms with Gasteiger partial charge < -0.3 is 0 Å². The van der Waals surface area contributed by atoms with Gasteiger partial charge in [0.25, 0.3) is 0 Å². The summed E-state index contributed by atoms with van der Waals surface area (Å²) >= 11 is 7.06. The molecule has 106 valence electrons. The van der Waals surface area contributed by atoms with Gasteiger partial charge >= 0.3 is 0 Å². The molecule has 1 fully saturated rings. The minimum absolute atomic E-state index is 0.357. The molecule has 0 amide bonds. The number of nitrogens with one attached hydrogen (secondary N) is 1. The standard InChI is InChI=1S/C12H16BrNO2S3/c1-9-2-3-10(13)6-12(9)19(15,16)14-7-11-8-17-4-5-18-11/h2-3,6,11,14H,4-5,7-8H2,1H3. The van der Waals surface area contributed by atoms with Crippen molar-refractivity contribution in [3.63, 3.8) is 0 Å². The van der Waals surface area contributed by atoms with Crippen LogP contribution in [0.5, 0.6) is 0 Å². The van der Waals surface area contributed by atoms with Gasteiger partial charge in [0.05, 0.1) is 4.90 Å². The van der Waals surface area contributed by atoms with E-state index in [2.05, 4.69) is 20.7 Å². The summed E-state index contributed by atoms with van der Waals surface area (Å²) in [6.07, 6.45) is 0. The van der Waals surface area contributed by atoms with Crippen LogP contribution in [-0.2, 0) is 10.0 Å². The Morgan fingerprint density at radius 2 is 2.21 bits per heavy atom. The van der Waals surface area contributed by atoms with E-state index in [1.807, 2.05) is 42.6 Å². The zero-order chi connectivity index (χ0) is 13.9. The third-order valence-electron chi connectivity index (χ3n) is 2.83. The van der Waals surface area contributed by atoms with Gasteiger partial charge in [-0.25, -0.2) is 13.1 Å². The first-order chi connectivity index (χ1) is 8.99. The highest BCUT2D eigenvalue weighted by Crippen LogP contribution is 2.24. The van der Waals surface area contributed by atoms with E-state index in [1.165, 1.54) is 5.75 Å². The molecule has 7 heteroatoms. The highest BCUT2D eigenvalue weighted by Gasteiger charge is 2.20. The second-order valence-corrected chi connectivity index (χ2v) is 9.54. The van der Waals surface area contributed by atoms with Crippen molar-refractivity contribution >= 4 is 49.5 Å². The van der Waals surface area contributed by atoms with E-state index in [-0.39, 0.29) is 0 Å². The fourth-order valence-corrected chi connectivity index (χ4v) is 6.38. The second kappa shape index (κ2) is 6.85. The van der Waals surface area contributed by atoms with Crippen molar-refractivity contribution in [3.05, 3.63) is 28.2 Å². The van der Waals surface area contributed by atoms with Gasteiger partial charge in [0.1, 0.15) is 0 Å². The van der Waals surface area contributed by atoms with Crippen LogP contribution in [0.25, 0.3) is 0 Å². The van der Waals surface area contributed by atoms with Crippen LogP contribution in [0.3, 0.4) is 0 Å². The van der Waals surface area contributed by atoms with Crippen LogP contribution in [-0.4, -0.2) is 37.5 Å². The van der Waals surface area contributed by atoms with Crippen LogP contribution >= 0.6 is 39.5 Å². The lowest BCUT2D eigenvalue weighted by Crippen LogP contribution is -2.33. The monoisotopic (exact) mass is 381 g/mol. The minimum atomic E-state index is -3.42. The Labute approximate surface area is 131 Å². The third kappa shape index (κ3) is 4.39. The first-order valence-corrected chi connectivity index (χ1v) is 10.4. The van der Waals surface area contributed by atoms with Crippen LogP contribution in [0.1, 0.15) is 5.56 Å². The van der Waals surface area contributed by atoms with E-state index in [4.69, 9.17) is 0 Å². The third-order valence-corrected chi connectivity index (χ3v) is 7.73. The van der Waals surface area contributed by atoms with Crippen molar-refractivity contribution in [2.45, 2.75) is 17.1 Å². The topological polar surface area (TPSA) is 46.2 Å². The first-order valence-electron chi connectivity index (χ1n) is 5.94. The lowest BCUT2D eigenvalue weighted by Gasteiger charge is -2.21. The van der Waals surface area contributed by atoms with Gasteiger partial charge in [-0.3, -0.25) is 0 Å². The molecular weight excluding hydrogens is 366 g/mol. The van der Waals surface area contributed by atoms with Crippen LogP contribution in [0, 0.1) is 6.92 Å².